The van der Waals surface area contributed by atoms with Gasteiger partial charge in [-0.3, -0.25) is 24.2 Å². The van der Waals surface area contributed by atoms with Gasteiger partial charge in [0.2, 0.25) is 11.8 Å². The number of imide groups is 1. The summed E-state index contributed by atoms with van der Waals surface area (Å²) < 4.78 is 0. The van der Waals surface area contributed by atoms with Crippen LogP contribution in [0.25, 0.3) is 0 Å². The van der Waals surface area contributed by atoms with Gasteiger partial charge in [0.15, 0.2) is 0 Å². The number of carbonyl (C=O) groups is 3. The number of likely N-dealkylation sites (tertiary alicyclic amines) is 1. The normalized spacial score (nSPS) is 20.1. The molecule has 0 aromatic heterocycles. The molecule has 3 amide bonds. The van der Waals surface area contributed by atoms with E-state index in [1.807, 2.05) is 13.0 Å². The Morgan fingerprint density at radius 3 is 2.56 bits per heavy atom. The van der Waals surface area contributed by atoms with Gasteiger partial charge in [0.05, 0.1) is 11.8 Å². The van der Waals surface area contributed by atoms with Crippen molar-refractivity contribution in [2.45, 2.75) is 32.2 Å². The van der Waals surface area contributed by atoms with Gasteiger partial charge in [-0.25, -0.2) is 0 Å². The first kappa shape index (κ1) is 19.9. The van der Waals surface area contributed by atoms with E-state index in [1.54, 1.807) is 0 Å². The number of thioether (sulfide) groups is 1. The quantitative estimate of drug-likeness (QED) is 0.774. The van der Waals surface area contributed by atoms with E-state index >= 15 is 0 Å². The van der Waals surface area contributed by atoms with Crippen LogP contribution < -0.4 is 5.32 Å². The average Bonchev–Trinajstić information content (AvgIpc) is 3.01. The molecular weight excluding hydrogens is 362 g/mol. The second-order valence-electron chi connectivity index (χ2n) is 7.24. The van der Waals surface area contributed by atoms with E-state index in [9.17, 15) is 14.4 Å². The van der Waals surface area contributed by atoms with Crippen LogP contribution in [0.4, 0.5) is 4.79 Å². The van der Waals surface area contributed by atoms with Crippen LogP contribution in [-0.2, 0) is 16.0 Å². The van der Waals surface area contributed by atoms with E-state index in [1.165, 1.54) is 10.5 Å². The molecule has 3 rings (SSSR count). The third-order valence-corrected chi connectivity index (χ3v) is 6.28. The van der Waals surface area contributed by atoms with Gasteiger partial charge in [-0.05, 0) is 50.8 Å². The van der Waals surface area contributed by atoms with Gasteiger partial charge in [0, 0.05) is 13.1 Å². The highest BCUT2D eigenvalue weighted by Crippen LogP contribution is 2.23. The summed E-state index contributed by atoms with van der Waals surface area (Å²) in [7, 11) is 0. The Labute approximate surface area is 164 Å². The zero-order valence-electron chi connectivity index (χ0n) is 15.7. The molecule has 6 nitrogen and oxygen atoms in total. The lowest BCUT2D eigenvalue weighted by atomic mass is 9.89. The average molecular weight is 390 g/mol. The lowest BCUT2D eigenvalue weighted by Gasteiger charge is -2.35. The number of hydrogen-bond donors (Lipinski definition) is 1. The summed E-state index contributed by atoms with van der Waals surface area (Å²) >= 11 is 1.02. The van der Waals surface area contributed by atoms with Crippen LogP contribution in [0.2, 0.25) is 0 Å². The van der Waals surface area contributed by atoms with E-state index in [4.69, 9.17) is 0 Å². The first-order chi connectivity index (χ1) is 13.0. The van der Waals surface area contributed by atoms with Crippen molar-refractivity contribution in [3.05, 3.63) is 35.9 Å². The summed E-state index contributed by atoms with van der Waals surface area (Å²) in [5.41, 5.74) is 1.38. The van der Waals surface area contributed by atoms with Crippen LogP contribution in [0.1, 0.15) is 25.3 Å². The fourth-order valence-electron chi connectivity index (χ4n) is 3.69. The largest absolute Gasteiger partial charge is 0.353 e. The fraction of sp³-hybridized carbons (Fsp3) is 0.550. The predicted octanol–water partition coefficient (Wildman–Crippen LogP) is 2.14. The van der Waals surface area contributed by atoms with Crippen molar-refractivity contribution < 1.29 is 14.4 Å². The minimum Gasteiger partial charge on any atom is -0.353 e. The van der Waals surface area contributed by atoms with Gasteiger partial charge in [0.1, 0.15) is 0 Å². The number of nitrogens with zero attached hydrogens (tertiary/aromatic N) is 2. The SMILES string of the molecule is C[C@@H](C(=O)NCCN1C(=O)CSC1=O)N1CCC(Cc2ccccc2)CC1. The summed E-state index contributed by atoms with van der Waals surface area (Å²) in [6, 6.07) is 10.4. The molecule has 7 heteroatoms. The van der Waals surface area contributed by atoms with Crippen molar-refractivity contribution in [2.75, 3.05) is 31.9 Å². The molecule has 146 valence electrons. The Hall–Kier alpha value is -1.86. The molecule has 1 atom stereocenters. The molecule has 1 N–H and O–H groups in total. The monoisotopic (exact) mass is 389 g/mol. The number of benzene rings is 1. The van der Waals surface area contributed by atoms with E-state index < -0.39 is 0 Å². The maximum absolute atomic E-state index is 12.4. The zero-order chi connectivity index (χ0) is 19.2. The minimum absolute atomic E-state index is 0.0387. The van der Waals surface area contributed by atoms with Gasteiger partial charge < -0.3 is 5.32 Å². The standard InChI is InChI=1S/C20H27N3O3S/c1-15(19(25)21-9-12-23-18(24)14-27-20(23)26)22-10-7-17(8-11-22)13-16-5-3-2-4-6-16/h2-6,15,17H,7-14H2,1H3,(H,21,25)/t15-/m0/s1. The number of rotatable bonds is 7. The summed E-state index contributed by atoms with van der Waals surface area (Å²) in [6.45, 7) is 4.33. The van der Waals surface area contributed by atoms with E-state index in [-0.39, 0.29) is 35.4 Å². The smallest absolute Gasteiger partial charge is 0.288 e. The maximum atomic E-state index is 12.4. The lowest BCUT2D eigenvalue weighted by Crippen LogP contribution is -2.49. The number of amides is 3. The van der Waals surface area contributed by atoms with Gasteiger partial charge in [-0.2, -0.15) is 0 Å². The highest BCUT2D eigenvalue weighted by atomic mass is 32.2. The molecule has 2 aliphatic heterocycles. The van der Waals surface area contributed by atoms with Gasteiger partial charge in [-0.15, -0.1) is 0 Å². The van der Waals surface area contributed by atoms with Gasteiger partial charge in [0.25, 0.3) is 5.24 Å². The molecule has 0 radical (unpaired) electrons. The second kappa shape index (κ2) is 9.37. The highest BCUT2D eigenvalue weighted by molar-refractivity contribution is 8.14. The number of carbonyl (C=O) groups excluding carboxylic acids is 3. The molecule has 0 saturated carbocycles. The molecule has 2 aliphatic rings. The van der Waals surface area contributed by atoms with Crippen LogP contribution in [0.3, 0.4) is 0 Å². The lowest BCUT2D eigenvalue weighted by molar-refractivity contribution is -0.128. The van der Waals surface area contributed by atoms with Gasteiger partial charge >= 0.3 is 0 Å². The minimum atomic E-state index is -0.220. The van der Waals surface area contributed by atoms with Crippen LogP contribution in [0.15, 0.2) is 30.3 Å². The van der Waals surface area contributed by atoms with Crippen LogP contribution in [0, 0.1) is 5.92 Å². The molecule has 0 aliphatic carbocycles. The Balaban J connectivity index is 1.38. The van der Waals surface area contributed by atoms with Crippen molar-refractivity contribution in [1.82, 2.24) is 15.1 Å². The van der Waals surface area contributed by atoms with Crippen molar-refractivity contribution in [1.29, 1.82) is 0 Å². The first-order valence-electron chi connectivity index (χ1n) is 9.57. The van der Waals surface area contributed by atoms with E-state index in [0.717, 1.165) is 44.1 Å². The van der Waals surface area contributed by atoms with Crippen LogP contribution in [0.5, 0.6) is 0 Å². The van der Waals surface area contributed by atoms with E-state index in [0.29, 0.717) is 12.5 Å². The molecule has 2 fully saturated rings. The number of nitrogens with one attached hydrogen (secondary N) is 1. The van der Waals surface area contributed by atoms with Crippen molar-refractivity contribution in [2.24, 2.45) is 5.92 Å². The Morgan fingerprint density at radius 1 is 1.22 bits per heavy atom. The maximum Gasteiger partial charge on any atom is 0.288 e. The number of piperidine rings is 1. The van der Waals surface area contributed by atoms with Crippen molar-refractivity contribution in [3.8, 4) is 0 Å². The first-order valence-corrected chi connectivity index (χ1v) is 10.6. The molecule has 0 unspecified atom stereocenters. The Morgan fingerprint density at radius 2 is 1.93 bits per heavy atom. The van der Waals surface area contributed by atoms with Crippen LogP contribution in [-0.4, -0.2) is 64.8 Å². The highest BCUT2D eigenvalue weighted by Gasteiger charge is 2.30. The molecule has 0 bridgehead atoms. The zero-order valence-corrected chi connectivity index (χ0v) is 16.5. The molecule has 1 aromatic carbocycles. The summed E-state index contributed by atoms with van der Waals surface area (Å²) in [4.78, 5) is 39.0. The fourth-order valence-corrected chi connectivity index (χ4v) is 4.45. The molecular formula is C20H27N3O3S. The van der Waals surface area contributed by atoms with E-state index in [2.05, 4.69) is 34.5 Å². The molecule has 1 aromatic rings. The van der Waals surface area contributed by atoms with Crippen molar-refractivity contribution >= 4 is 28.8 Å². The third-order valence-electron chi connectivity index (χ3n) is 5.42. The molecule has 2 heterocycles. The Kier molecular flexibility index (Phi) is 6.90. The van der Waals surface area contributed by atoms with Crippen molar-refractivity contribution in [3.63, 3.8) is 0 Å². The molecule has 0 spiro atoms. The number of hydrogen-bond acceptors (Lipinski definition) is 5. The van der Waals surface area contributed by atoms with Gasteiger partial charge in [-0.1, -0.05) is 42.1 Å². The summed E-state index contributed by atoms with van der Waals surface area (Å²) in [5, 5.41) is 2.64. The second-order valence-corrected chi connectivity index (χ2v) is 8.16. The molecule has 2 saturated heterocycles. The summed E-state index contributed by atoms with van der Waals surface area (Å²) in [5.74, 6) is 0.667. The van der Waals surface area contributed by atoms with Crippen LogP contribution >= 0.6 is 11.8 Å². The predicted molar refractivity (Wildman–Crippen MR) is 106 cm³/mol. The topological polar surface area (TPSA) is 69.7 Å². The Bertz CT molecular complexity index is 658. The third kappa shape index (κ3) is 5.32. The molecule has 27 heavy (non-hydrogen) atoms. The summed E-state index contributed by atoms with van der Waals surface area (Å²) in [6.07, 6.45) is 3.30.